The molecule has 0 unspecified atom stereocenters. The molecule has 0 aliphatic carbocycles. The molecule has 4 aromatic carbocycles. The third-order valence-electron chi connectivity index (χ3n) is 5.50. The van der Waals surface area contributed by atoms with Gasteiger partial charge in [-0.1, -0.05) is 109 Å². The van der Waals surface area contributed by atoms with Crippen LogP contribution in [0.25, 0.3) is 6.08 Å². The smallest absolute Gasteiger partial charge is 0.339 e. The van der Waals surface area contributed by atoms with Gasteiger partial charge in [-0.05, 0) is 37.1 Å². The topological polar surface area (TPSA) is 43.4 Å². The third-order valence-corrected chi connectivity index (χ3v) is 6.74. The minimum Gasteiger partial charge on any atom is -0.378 e. The highest BCUT2D eigenvalue weighted by Gasteiger charge is 2.26. The van der Waals surface area contributed by atoms with Crippen LogP contribution in [-0.4, -0.2) is 8.42 Å². The maximum atomic E-state index is 13.3. The van der Waals surface area contributed by atoms with Crippen molar-refractivity contribution in [3.05, 3.63) is 137 Å². The van der Waals surface area contributed by atoms with E-state index >= 15 is 0 Å². The second kappa shape index (κ2) is 9.88. The van der Waals surface area contributed by atoms with Gasteiger partial charge in [-0.2, -0.15) is 8.42 Å². The Morgan fingerprint density at radius 3 is 1.85 bits per heavy atom. The first-order chi connectivity index (χ1) is 16.0. The third kappa shape index (κ3) is 5.07. The Hall–Kier alpha value is -3.63. The zero-order chi connectivity index (χ0) is 23.3. The molecule has 0 fully saturated rings. The molecular weight excluding hydrogens is 428 g/mol. The van der Waals surface area contributed by atoms with Gasteiger partial charge in [0.05, 0.1) is 0 Å². The van der Waals surface area contributed by atoms with E-state index in [1.165, 1.54) is 0 Å². The monoisotopic (exact) mass is 454 g/mol. The molecule has 0 aromatic heterocycles. The molecule has 0 radical (unpaired) electrons. The van der Waals surface area contributed by atoms with E-state index in [-0.39, 0.29) is 10.8 Å². The van der Waals surface area contributed by atoms with Crippen molar-refractivity contribution in [2.24, 2.45) is 0 Å². The van der Waals surface area contributed by atoms with E-state index in [4.69, 9.17) is 4.18 Å². The van der Waals surface area contributed by atoms with Gasteiger partial charge in [0.1, 0.15) is 4.90 Å². The number of aryl methyl sites for hydroxylation is 1. The van der Waals surface area contributed by atoms with Crippen LogP contribution in [0.5, 0.6) is 5.75 Å². The molecule has 0 atom stereocenters. The molecule has 33 heavy (non-hydrogen) atoms. The largest absolute Gasteiger partial charge is 0.378 e. The predicted octanol–water partition coefficient (Wildman–Crippen LogP) is 6.98. The molecule has 0 saturated carbocycles. The normalized spacial score (nSPS) is 11.7. The van der Waals surface area contributed by atoms with Crippen LogP contribution < -0.4 is 4.18 Å². The lowest BCUT2D eigenvalue weighted by Gasteiger charge is -2.23. The van der Waals surface area contributed by atoms with E-state index in [0.717, 1.165) is 22.3 Å². The van der Waals surface area contributed by atoms with Crippen molar-refractivity contribution in [3.63, 3.8) is 0 Å². The fourth-order valence-electron chi connectivity index (χ4n) is 3.91. The summed E-state index contributed by atoms with van der Waals surface area (Å²) in [5.41, 5.74) is 4.59. The number of hydrogen-bond donors (Lipinski definition) is 0. The van der Waals surface area contributed by atoms with Crippen LogP contribution in [0.4, 0.5) is 0 Å². The van der Waals surface area contributed by atoms with Gasteiger partial charge in [0.25, 0.3) is 0 Å². The highest BCUT2D eigenvalue weighted by atomic mass is 32.2. The van der Waals surface area contributed by atoms with E-state index in [2.05, 4.69) is 24.3 Å². The molecule has 4 rings (SSSR count). The minimum absolute atomic E-state index is 0.130. The number of rotatable bonds is 7. The molecular formula is C29H26O3S. The fourth-order valence-corrected chi connectivity index (χ4v) is 4.89. The highest BCUT2D eigenvalue weighted by Crippen LogP contribution is 2.40. The van der Waals surface area contributed by atoms with Crippen molar-refractivity contribution in [3.8, 4) is 5.75 Å². The van der Waals surface area contributed by atoms with E-state index in [0.29, 0.717) is 11.3 Å². The molecule has 4 aromatic rings. The molecule has 0 spiro atoms. The lowest BCUT2D eigenvalue weighted by Crippen LogP contribution is -2.14. The first-order valence-electron chi connectivity index (χ1n) is 10.9. The number of para-hydroxylation sites is 1. The van der Waals surface area contributed by atoms with Crippen LogP contribution >= 0.6 is 0 Å². The molecule has 166 valence electrons. The fraction of sp³-hybridized carbons (Fsp3) is 0.103. The van der Waals surface area contributed by atoms with Gasteiger partial charge < -0.3 is 4.18 Å². The second-order valence-electron chi connectivity index (χ2n) is 7.87. The SMILES string of the molecule is CC=Cc1cccc(C(c2ccccc2)c2ccccc2)c1OS(=O)(=O)c1ccc(C)cc1. The summed E-state index contributed by atoms with van der Waals surface area (Å²) in [6, 6.07) is 32.6. The van der Waals surface area contributed by atoms with Crippen molar-refractivity contribution in [2.75, 3.05) is 0 Å². The van der Waals surface area contributed by atoms with E-state index in [1.54, 1.807) is 24.3 Å². The summed E-state index contributed by atoms with van der Waals surface area (Å²) in [4.78, 5) is 0.130. The van der Waals surface area contributed by atoms with E-state index in [9.17, 15) is 8.42 Å². The van der Waals surface area contributed by atoms with Crippen molar-refractivity contribution in [1.82, 2.24) is 0 Å². The number of hydrogen-bond acceptors (Lipinski definition) is 3. The minimum atomic E-state index is -4.03. The molecule has 0 bridgehead atoms. The van der Waals surface area contributed by atoms with Gasteiger partial charge in [0.2, 0.25) is 0 Å². The summed E-state index contributed by atoms with van der Waals surface area (Å²) in [6.07, 6.45) is 3.75. The highest BCUT2D eigenvalue weighted by molar-refractivity contribution is 7.87. The molecule has 0 heterocycles. The Labute approximate surface area is 196 Å². The van der Waals surface area contributed by atoms with Gasteiger partial charge in [0, 0.05) is 17.0 Å². The Kier molecular flexibility index (Phi) is 6.76. The zero-order valence-electron chi connectivity index (χ0n) is 18.7. The Morgan fingerprint density at radius 2 is 1.30 bits per heavy atom. The lowest BCUT2D eigenvalue weighted by molar-refractivity contribution is 0.481. The van der Waals surface area contributed by atoms with Gasteiger partial charge in [-0.15, -0.1) is 0 Å². The van der Waals surface area contributed by atoms with Crippen LogP contribution in [0.15, 0.2) is 114 Å². The van der Waals surface area contributed by atoms with Gasteiger partial charge in [0.15, 0.2) is 5.75 Å². The van der Waals surface area contributed by atoms with Gasteiger partial charge >= 0.3 is 10.1 Å². The molecule has 0 aliphatic heterocycles. The van der Waals surface area contributed by atoms with Crippen LogP contribution in [0, 0.1) is 6.92 Å². The molecule has 4 heteroatoms. The second-order valence-corrected chi connectivity index (χ2v) is 9.42. The summed E-state index contributed by atoms with van der Waals surface area (Å²) in [6.45, 7) is 3.82. The maximum absolute atomic E-state index is 13.3. The van der Waals surface area contributed by atoms with Gasteiger partial charge in [-0.3, -0.25) is 0 Å². The zero-order valence-corrected chi connectivity index (χ0v) is 19.5. The van der Waals surface area contributed by atoms with Crippen LogP contribution in [0.1, 0.15) is 40.7 Å². The van der Waals surface area contributed by atoms with Crippen molar-refractivity contribution < 1.29 is 12.6 Å². The van der Waals surface area contributed by atoms with Crippen LogP contribution in [0.2, 0.25) is 0 Å². The molecule has 0 saturated heterocycles. The summed E-state index contributed by atoms with van der Waals surface area (Å²) < 4.78 is 32.4. The predicted molar refractivity (Wildman–Crippen MR) is 134 cm³/mol. The Bertz CT molecular complexity index is 1300. The average molecular weight is 455 g/mol. The first-order valence-corrected chi connectivity index (χ1v) is 12.3. The molecule has 0 aliphatic rings. The average Bonchev–Trinajstić information content (AvgIpc) is 2.83. The summed E-state index contributed by atoms with van der Waals surface area (Å²) in [5.74, 6) is 0.148. The molecule has 3 nitrogen and oxygen atoms in total. The quantitative estimate of drug-likeness (QED) is 0.224. The van der Waals surface area contributed by atoms with Crippen molar-refractivity contribution >= 4 is 16.2 Å². The van der Waals surface area contributed by atoms with Crippen molar-refractivity contribution in [2.45, 2.75) is 24.7 Å². The summed E-state index contributed by atoms with van der Waals surface area (Å²) in [7, 11) is -4.03. The van der Waals surface area contributed by atoms with E-state index in [1.807, 2.05) is 80.6 Å². The standard InChI is InChI=1S/C29H26O3S/c1-3-11-25-16-10-17-27(29(25)32-33(30,31)26-20-18-22(2)19-21-26)28(23-12-6-4-7-13-23)24-14-8-5-9-15-24/h3-21,28H,1-2H3. The molecule has 0 N–H and O–H groups in total. The van der Waals surface area contributed by atoms with Crippen molar-refractivity contribution in [1.29, 1.82) is 0 Å². The van der Waals surface area contributed by atoms with Crippen LogP contribution in [0.3, 0.4) is 0 Å². The maximum Gasteiger partial charge on any atom is 0.339 e. The van der Waals surface area contributed by atoms with Gasteiger partial charge in [-0.25, -0.2) is 0 Å². The first kappa shape index (κ1) is 22.6. The number of allylic oxidation sites excluding steroid dienone is 1. The summed E-state index contributed by atoms with van der Waals surface area (Å²) >= 11 is 0. The lowest BCUT2D eigenvalue weighted by atomic mass is 9.84. The Balaban J connectivity index is 1.91. The Morgan fingerprint density at radius 1 is 0.727 bits per heavy atom. The van der Waals surface area contributed by atoms with E-state index < -0.39 is 10.1 Å². The molecule has 0 amide bonds. The number of benzene rings is 4. The summed E-state index contributed by atoms with van der Waals surface area (Å²) in [5, 5.41) is 0. The van der Waals surface area contributed by atoms with Crippen LogP contribution in [-0.2, 0) is 10.1 Å².